The number of imide groups is 2. The lowest BCUT2D eigenvalue weighted by Gasteiger charge is -2.43. The van der Waals surface area contributed by atoms with E-state index in [0.29, 0.717) is 160 Å². The molecule has 0 radical (unpaired) electrons. The van der Waals surface area contributed by atoms with Crippen LogP contribution in [0.4, 0.5) is 0 Å². The van der Waals surface area contributed by atoms with E-state index in [4.69, 9.17) is 18.9 Å². The fourth-order valence-corrected chi connectivity index (χ4v) is 19.8. The summed E-state index contributed by atoms with van der Waals surface area (Å²) >= 11 is 0. The van der Waals surface area contributed by atoms with E-state index >= 15 is 28.8 Å². The lowest BCUT2D eigenvalue weighted by atomic mass is 9.78. The Hall–Kier alpha value is -14.1. The van der Waals surface area contributed by atoms with Crippen molar-refractivity contribution >= 4 is 90.3 Å². The SMILES string of the molecule is C=CC(=O)NCCN1CCN(C(=O)C(C2CCCCC2)N2C(=O)c3cc(Oc4ccc(-c5ccccc5)cc4)c4c5c(Oc6ccc(-c7ccccc7)cc6)cc6c7c(cc(Oc8ccc(-c9ccccc9)cc8)c(c8c(Oc9ccc(-c%10ccccc%10)cc9)cc(c3c48)C2=O)c75)C(=O)N(C(C(=O)N2CCN(CCNC(=O)C=C)CC2)C2CCCCC2)C6=O)CC1. The number of nitrogens with one attached hydrogen (secondary N) is 2. The standard InChI is InChI=1S/C106H96N8O12/c1-3-89(115)107-51-53-109-55-59-111(60-56-109)105(121)99(75-31-19-9-20-32-75)113-101(117)81-63-85(123-77-43-35-71(36-44-77)67-23-11-5-12-24-67)93-95-87(125-79-47-39-73(40-48-79)69-27-15-7-16-28-69)65-83-92-84(104(120)114(103(83)119)100(76-33-21-10-22-34-76)106(122)112-61-57-110(58-62-112)54-52-108-90(116)4-2)66-88(126-80-49-41-74(42-50-80)70-29-17-8-18-30-70)96(98(92)95)94-86(64-82(102(113)118)91(81)97(93)94)124-78-45-37-72(38-46-78)68-25-13-6-14-26-68/h3-8,11-18,23-30,35-50,63-66,75-76,99-100H,1-2,9-10,19-22,31-34,51-62H2,(H,107,115)(H,108,116). The summed E-state index contributed by atoms with van der Waals surface area (Å²) in [5.74, 6) is -3.07. The van der Waals surface area contributed by atoms with Crippen LogP contribution in [0.3, 0.4) is 0 Å². The Morgan fingerprint density at radius 1 is 0.317 bits per heavy atom. The number of amides is 8. The van der Waals surface area contributed by atoms with Gasteiger partial charge in [0, 0.05) is 122 Å². The normalized spacial score (nSPS) is 16.4. The molecule has 13 aromatic rings. The van der Waals surface area contributed by atoms with Crippen LogP contribution in [-0.4, -0.2) is 167 Å². The van der Waals surface area contributed by atoms with Crippen molar-refractivity contribution in [3.8, 4) is 90.5 Å². The number of ether oxygens (including phenoxy) is 4. The predicted molar refractivity (Wildman–Crippen MR) is 490 cm³/mol. The summed E-state index contributed by atoms with van der Waals surface area (Å²) in [5.41, 5.74) is 7.67. The monoisotopic (exact) mass is 1670 g/mol. The van der Waals surface area contributed by atoms with Gasteiger partial charge in [0.25, 0.3) is 23.6 Å². The minimum Gasteiger partial charge on any atom is -0.457 e. The van der Waals surface area contributed by atoms with Gasteiger partial charge in [0.1, 0.15) is 58.1 Å². The van der Waals surface area contributed by atoms with E-state index in [9.17, 15) is 9.59 Å². The molecular formula is C106H96N8O12. The summed E-state index contributed by atoms with van der Waals surface area (Å²) < 4.78 is 30.3. The van der Waals surface area contributed by atoms with Crippen molar-refractivity contribution < 1.29 is 57.3 Å². The number of benzene rings is 13. The summed E-state index contributed by atoms with van der Waals surface area (Å²) in [4.78, 5) is 136. The average molecular weight is 1670 g/mol. The van der Waals surface area contributed by atoms with Crippen LogP contribution in [0.25, 0.3) is 87.6 Å². The Morgan fingerprint density at radius 2 is 0.563 bits per heavy atom. The van der Waals surface area contributed by atoms with Gasteiger partial charge in [-0.05, 0) is 167 Å². The first kappa shape index (κ1) is 81.6. The van der Waals surface area contributed by atoms with Crippen LogP contribution in [0.5, 0.6) is 46.0 Å². The summed E-state index contributed by atoms with van der Waals surface area (Å²) in [6, 6.07) is 74.6. The first-order valence-corrected chi connectivity index (χ1v) is 44.0. The molecule has 2 saturated carbocycles. The van der Waals surface area contributed by atoms with Crippen molar-refractivity contribution in [1.29, 1.82) is 0 Å². The minimum atomic E-state index is -1.25. The van der Waals surface area contributed by atoms with Gasteiger partial charge in [-0.1, -0.05) is 222 Å². The van der Waals surface area contributed by atoms with Gasteiger partial charge in [-0.3, -0.25) is 58.0 Å². The van der Waals surface area contributed by atoms with E-state index in [0.717, 1.165) is 83.0 Å². The molecule has 2 saturated heterocycles. The number of carbonyl (C=O) groups is 8. The molecule has 20 nitrogen and oxygen atoms in total. The molecule has 4 heterocycles. The van der Waals surface area contributed by atoms with Crippen LogP contribution in [0.15, 0.2) is 268 Å². The largest absolute Gasteiger partial charge is 0.457 e. The van der Waals surface area contributed by atoms with Crippen LogP contribution in [0.2, 0.25) is 0 Å². The van der Waals surface area contributed by atoms with Crippen LogP contribution in [-0.2, 0) is 19.2 Å². The molecule has 632 valence electrons. The zero-order chi connectivity index (χ0) is 86.1. The van der Waals surface area contributed by atoms with Gasteiger partial charge < -0.3 is 39.4 Å². The average Bonchev–Trinajstić information content (AvgIpc) is 0.668. The number of rotatable bonds is 26. The lowest BCUT2D eigenvalue weighted by molar-refractivity contribution is -0.140. The lowest BCUT2D eigenvalue weighted by Crippen LogP contribution is -2.60. The zero-order valence-corrected chi connectivity index (χ0v) is 70.1. The molecule has 4 fully saturated rings. The first-order valence-electron chi connectivity index (χ1n) is 44.0. The Morgan fingerprint density at radius 3 is 0.810 bits per heavy atom. The van der Waals surface area contributed by atoms with Crippen LogP contribution in [0, 0.1) is 11.8 Å². The fourth-order valence-electron chi connectivity index (χ4n) is 19.8. The van der Waals surface area contributed by atoms with E-state index in [1.165, 1.54) is 22.0 Å². The minimum absolute atomic E-state index is 0.0594. The first-order chi connectivity index (χ1) is 61.7. The molecule has 20 heteroatoms. The smallest absolute Gasteiger partial charge is 0.262 e. The molecule has 126 heavy (non-hydrogen) atoms. The molecular weight excluding hydrogens is 1580 g/mol. The molecule has 2 atom stereocenters. The number of nitrogens with zero attached hydrogens (tertiary/aromatic N) is 6. The molecule has 8 amide bonds. The van der Waals surface area contributed by atoms with Crippen molar-refractivity contribution in [1.82, 2.24) is 40.0 Å². The maximum atomic E-state index is 17.2. The van der Waals surface area contributed by atoms with E-state index < -0.39 is 47.5 Å². The second kappa shape index (κ2) is 35.6. The maximum Gasteiger partial charge on any atom is 0.262 e. The topological polar surface area (TPSA) is 217 Å². The molecule has 2 aliphatic carbocycles. The Labute approximate surface area is 730 Å². The Kier molecular flexibility index (Phi) is 23.1. The summed E-state index contributed by atoms with van der Waals surface area (Å²) in [5, 5.41) is 8.03. The third-order valence-electron chi connectivity index (χ3n) is 26.2. The van der Waals surface area contributed by atoms with Gasteiger partial charge in [0.2, 0.25) is 23.6 Å². The van der Waals surface area contributed by atoms with Crippen LogP contribution >= 0.6 is 0 Å². The highest BCUT2D eigenvalue weighted by Gasteiger charge is 2.51. The van der Waals surface area contributed by atoms with Crippen LogP contribution in [0.1, 0.15) is 106 Å². The van der Waals surface area contributed by atoms with Crippen molar-refractivity contribution in [3.05, 3.63) is 290 Å². The number of hydrogen-bond donors (Lipinski definition) is 2. The van der Waals surface area contributed by atoms with Gasteiger partial charge in [-0.25, -0.2) is 0 Å². The highest BCUT2D eigenvalue weighted by atomic mass is 16.5. The third kappa shape index (κ3) is 16.0. The highest BCUT2D eigenvalue weighted by molar-refractivity contribution is 6.45. The Balaban J connectivity index is 0.882. The van der Waals surface area contributed by atoms with E-state index in [-0.39, 0.29) is 79.7 Å². The van der Waals surface area contributed by atoms with Gasteiger partial charge in [-0.15, -0.1) is 0 Å². The second-order valence-electron chi connectivity index (χ2n) is 33.6. The molecule has 0 spiro atoms. The third-order valence-corrected chi connectivity index (χ3v) is 26.2. The van der Waals surface area contributed by atoms with Crippen molar-refractivity contribution in [2.75, 3.05) is 78.5 Å². The summed E-state index contributed by atoms with van der Waals surface area (Å²) in [6.45, 7) is 12.2. The molecule has 2 N–H and O–H groups in total. The quantitative estimate of drug-likeness (QED) is 0.0223. The molecule has 6 aliphatic rings. The van der Waals surface area contributed by atoms with E-state index in [2.05, 4.69) is 33.6 Å². The number of fused-ring (bicyclic) bond motifs is 2. The molecule has 19 rings (SSSR count). The second-order valence-corrected chi connectivity index (χ2v) is 33.6. The summed E-state index contributed by atoms with van der Waals surface area (Å²) in [7, 11) is 0. The molecule has 2 unspecified atom stereocenters. The van der Waals surface area contributed by atoms with Gasteiger partial charge >= 0.3 is 0 Å². The van der Waals surface area contributed by atoms with Crippen molar-refractivity contribution in [2.45, 2.75) is 76.3 Å². The molecule has 13 aromatic carbocycles. The van der Waals surface area contributed by atoms with E-state index in [1.807, 2.05) is 218 Å². The summed E-state index contributed by atoms with van der Waals surface area (Å²) in [6.07, 6.45) is 9.75. The molecule has 0 aromatic heterocycles. The van der Waals surface area contributed by atoms with E-state index in [1.54, 1.807) is 34.1 Å². The van der Waals surface area contributed by atoms with Gasteiger partial charge in [0.05, 0.1) is 22.3 Å². The van der Waals surface area contributed by atoms with Crippen LogP contribution < -0.4 is 29.6 Å². The predicted octanol–water partition coefficient (Wildman–Crippen LogP) is 19.6. The number of piperazine rings is 2. The highest BCUT2D eigenvalue weighted by Crippen LogP contribution is 2.59. The number of hydrogen-bond acceptors (Lipinski definition) is 14. The maximum absolute atomic E-state index is 17.2. The van der Waals surface area contributed by atoms with Gasteiger partial charge in [-0.2, -0.15) is 0 Å². The number of carbonyl (C=O) groups excluding carboxylic acids is 8. The van der Waals surface area contributed by atoms with Crippen molar-refractivity contribution in [2.24, 2.45) is 11.8 Å². The fraction of sp³-hybridized carbons (Fsp3) is 0.245. The Bertz CT molecular complexity index is 5680. The zero-order valence-electron chi connectivity index (χ0n) is 70.1. The van der Waals surface area contributed by atoms with Crippen molar-refractivity contribution in [3.63, 3.8) is 0 Å². The molecule has 0 bridgehead atoms. The van der Waals surface area contributed by atoms with Gasteiger partial charge in [0.15, 0.2) is 0 Å². The molecule has 4 aliphatic heterocycles.